The van der Waals surface area contributed by atoms with Crippen molar-refractivity contribution < 1.29 is 22.7 Å². The first-order valence-corrected chi connectivity index (χ1v) is 5.32. The molecule has 1 amide bonds. The first-order chi connectivity index (χ1) is 8.78. The highest BCUT2D eigenvalue weighted by Gasteiger charge is 2.32. The first-order valence-electron chi connectivity index (χ1n) is 5.32. The normalized spacial score (nSPS) is 16.2. The van der Waals surface area contributed by atoms with Gasteiger partial charge in [-0.2, -0.15) is 0 Å². The summed E-state index contributed by atoms with van der Waals surface area (Å²) in [6, 6.07) is 5.22. The zero-order valence-electron chi connectivity index (χ0n) is 9.83. The van der Waals surface area contributed by atoms with E-state index < -0.39 is 6.36 Å². The fraction of sp³-hybridized carbons (Fsp3) is 0.154. The molecular formula is C13H10F3NO2. The fourth-order valence-electron chi connectivity index (χ4n) is 1.73. The first kappa shape index (κ1) is 13.2. The average molecular weight is 269 g/mol. The molecule has 2 rings (SSSR count). The van der Waals surface area contributed by atoms with Crippen LogP contribution in [0.3, 0.4) is 0 Å². The van der Waals surface area contributed by atoms with Crippen LogP contribution in [0.15, 0.2) is 48.6 Å². The van der Waals surface area contributed by atoms with Crippen molar-refractivity contribution in [3.8, 4) is 5.75 Å². The molecule has 1 aromatic carbocycles. The molecule has 19 heavy (non-hydrogen) atoms. The van der Waals surface area contributed by atoms with Crippen molar-refractivity contribution in [2.24, 2.45) is 0 Å². The van der Waals surface area contributed by atoms with Crippen LogP contribution in [0.25, 0.3) is 0 Å². The van der Waals surface area contributed by atoms with Crippen LogP contribution < -0.4 is 9.64 Å². The van der Waals surface area contributed by atoms with Crippen LogP contribution in [-0.2, 0) is 4.79 Å². The van der Waals surface area contributed by atoms with Gasteiger partial charge < -0.3 is 9.64 Å². The van der Waals surface area contributed by atoms with Crippen LogP contribution in [0.4, 0.5) is 18.9 Å². The zero-order valence-corrected chi connectivity index (χ0v) is 9.83. The molecule has 1 aliphatic rings. The molecule has 0 aromatic heterocycles. The number of amides is 1. The summed E-state index contributed by atoms with van der Waals surface area (Å²) in [4.78, 5) is 13.1. The second-order valence-electron chi connectivity index (χ2n) is 4.02. The van der Waals surface area contributed by atoms with Crippen LogP contribution >= 0.6 is 0 Å². The Morgan fingerprint density at radius 3 is 2.47 bits per heavy atom. The van der Waals surface area contributed by atoms with Crippen molar-refractivity contribution in [2.45, 2.75) is 6.36 Å². The number of halogens is 3. The second-order valence-corrected chi connectivity index (χ2v) is 4.02. The molecule has 0 bridgehead atoms. The van der Waals surface area contributed by atoms with E-state index in [-0.39, 0.29) is 23.8 Å². The van der Waals surface area contributed by atoms with Gasteiger partial charge in [-0.25, -0.2) is 0 Å². The minimum atomic E-state index is -4.76. The summed E-state index contributed by atoms with van der Waals surface area (Å²) < 4.78 is 40.2. The quantitative estimate of drug-likeness (QED) is 0.772. The minimum Gasteiger partial charge on any atom is -0.406 e. The number of hydrogen-bond donors (Lipinski definition) is 0. The van der Waals surface area contributed by atoms with Crippen LogP contribution in [0.1, 0.15) is 0 Å². The lowest BCUT2D eigenvalue weighted by atomic mass is 10.2. The Bertz CT molecular complexity index is 563. The Morgan fingerprint density at radius 2 is 1.95 bits per heavy atom. The van der Waals surface area contributed by atoms with Gasteiger partial charge in [0.05, 0.1) is 6.54 Å². The Kier molecular flexibility index (Phi) is 3.09. The van der Waals surface area contributed by atoms with Gasteiger partial charge in [0.25, 0.3) is 5.91 Å². The van der Waals surface area contributed by atoms with Gasteiger partial charge in [0.1, 0.15) is 5.75 Å². The van der Waals surface area contributed by atoms with E-state index in [9.17, 15) is 18.0 Å². The summed E-state index contributed by atoms with van der Waals surface area (Å²) in [5.41, 5.74) is 1.13. The molecule has 1 saturated heterocycles. The number of benzene rings is 1. The van der Waals surface area contributed by atoms with Crippen LogP contribution in [0.2, 0.25) is 0 Å². The number of carbonyl (C=O) groups excluding carboxylic acids is 1. The molecule has 0 N–H and O–H groups in total. The van der Waals surface area contributed by atoms with E-state index >= 15 is 0 Å². The Balaban J connectivity index is 2.27. The van der Waals surface area contributed by atoms with E-state index in [2.05, 4.69) is 17.9 Å². The third kappa shape index (κ3) is 2.78. The lowest BCUT2D eigenvalue weighted by Crippen LogP contribution is -2.24. The summed E-state index contributed by atoms with van der Waals surface area (Å²) >= 11 is 0. The maximum absolute atomic E-state index is 12.1. The van der Waals surface area contributed by atoms with E-state index in [1.165, 1.54) is 23.1 Å². The number of hydrogen-bond acceptors (Lipinski definition) is 2. The maximum Gasteiger partial charge on any atom is 0.573 e. The zero-order chi connectivity index (χ0) is 14.2. The molecule has 0 saturated carbocycles. The highest BCUT2D eigenvalue weighted by Crippen LogP contribution is 2.31. The van der Waals surface area contributed by atoms with E-state index in [1.54, 1.807) is 0 Å². The summed E-state index contributed by atoms with van der Waals surface area (Å²) in [5.74, 6) is -0.741. The van der Waals surface area contributed by atoms with Gasteiger partial charge in [0.2, 0.25) is 0 Å². The monoisotopic (exact) mass is 269 g/mol. The van der Waals surface area contributed by atoms with Gasteiger partial charge in [-0.15, -0.1) is 13.2 Å². The van der Waals surface area contributed by atoms with Gasteiger partial charge >= 0.3 is 6.36 Å². The number of ether oxygens (including phenoxy) is 1. The third-order valence-electron chi connectivity index (χ3n) is 2.64. The molecule has 1 aromatic rings. The number of alkyl halides is 3. The van der Waals surface area contributed by atoms with Crippen molar-refractivity contribution in [1.29, 1.82) is 0 Å². The van der Waals surface area contributed by atoms with Gasteiger partial charge in [0.15, 0.2) is 0 Å². The molecular weight excluding hydrogens is 259 g/mol. The van der Waals surface area contributed by atoms with Crippen LogP contribution in [0.5, 0.6) is 5.75 Å². The topological polar surface area (TPSA) is 29.5 Å². The predicted octanol–water partition coefficient (Wildman–Crippen LogP) is 3.04. The summed E-state index contributed by atoms with van der Waals surface area (Å²) in [6.07, 6.45) is -4.76. The maximum atomic E-state index is 12.1. The van der Waals surface area contributed by atoms with Crippen molar-refractivity contribution >= 4 is 11.6 Å². The molecule has 0 spiro atoms. The summed E-state index contributed by atoms with van der Waals surface area (Å²) in [6.45, 7) is 7.46. The highest BCUT2D eigenvalue weighted by molar-refractivity contribution is 6.12. The molecule has 1 heterocycles. The lowest BCUT2D eigenvalue weighted by Gasteiger charge is -2.16. The minimum absolute atomic E-state index is 0.215. The molecule has 1 fully saturated rings. The number of carbonyl (C=O) groups is 1. The summed E-state index contributed by atoms with van der Waals surface area (Å²) in [7, 11) is 0. The molecule has 1 aliphatic heterocycles. The smallest absolute Gasteiger partial charge is 0.406 e. The number of anilines is 1. The molecule has 0 atom stereocenters. The van der Waals surface area contributed by atoms with Crippen LogP contribution in [0, 0.1) is 0 Å². The molecule has 0 unspecified atom stereocenters. The van der Waals surface area contributed by atoms with Crippen molar-refractivity contribution in [3.05, 3.63) is 48.6 Å². The molecule has 100 valence electrons. The lowest BCUT2D eigenvalue weighted by molar-refractivity contribution is -0.274. The summed E-state index contributed by atoms with van der Waals surface area (Å²) in [5, 5.41) is 0. The standard InChI is InChI=1S/C13H10F3NO2/c1-8-7-17(12(18)9(8)2)10-4-3-5-11(6-10)19-13(14,15)16/h3-6H,1-2,7H2. The second kappa shape index (κ2) is 4.46. The van der Waals surface area contributed by atoms with Crippen molar-refractivity contribution in [3.63, 3.8) is 0 Å². The van der Waals surface area contributed by atoms with Gasteiger partial charge in [0, 0.05) is 17.3 Å². The molecule has 6 heteroatoms. The van der Waals surface area contributed by atoms with Crippen molar-refractivity contribution in [1.82, 2.24) is 0 Å². The van der Waals surface area contributed by atoms with Gasteiger partial charge in [-0.3, -0.25) is 4.79 Å². The van der Waals surface area contributed by atoms with Crippen LogP contribution in [-0.4, -0.2) is 18.8 Å². The van der Waals surface area contributed by atoms with E-state index in [4.69, 9.17) is 0 Å². The highest BCUT2D eigenvalue weighted by atomic mass is 19.4. The largest absolute Gasteiger partial charge is 0.573 e. The number of nitrogens with zero attached hydrogens (tertiary/aromatic N) is 1. The van der Waals surface area contributed by atoms with E-state index in [0.29, 0.717) is 11.3 Å². The van der Waals surface area contributed by atoms with Gasteiger partial charge in [-0.05, 0) is 17.7 Å². The fourth-order valence-corrected chi connectivity index (χ4v) is 1.73. The predicted molar refractivity (Wildman–Crippen MR) is 63.8 cm³/mol. The van der Waals surface area contributed by atoms with Crippen molar-refractivity contribution in [2.75, 3.05) is 11.4 Å². The average Bonchev–Trinajstić information content (AvgIpc) is 2.55. The van der Waals surface area contributed by atoms with Gasteiger partial charge in [-0.1, -0.05) is 19.2 Å². The van der Waals surface area contributed by atoms with E-state index in [1.807, 2.05) is 0 Å². The Hall–Kier alpha value is -2.24. The van der Waals surface area contributed by atoms with E-state index in [0.717, 1.165) is 6.07 Å². The molecule has 0 aliphatic carbocycles. The molecule has 3 nitrogen and oxygen atoms in total. The molecule has 0 radical (unpaired) electrons. The Morgan fingerprint density at radius 1 is 1.26 bits per heavy atom. The number of rotatable bonds is 2. The third-order valence-corrected chi connectivity index (χ3v) is 2.64. The Labute approximate surface area is 107 Å². The SMILES string of the molecule is C=C1CN(c2cccc(OC(F)(F)F)c2)C(=O)C1=C.